The highest BCUT2D eigenvalue weighted by Gasteiger charge is 2.35. The molecule has 2 atom stereocenters. The van der Waals surface area contributed by atoms with Gasteiger partial charge in [-0.05, 0) is 49.4 Å². The van der Waals surface area contributed by atoms with Crippen LogP contribution in [0.2, 0.25) is 0 Å². The first-order valence-electron chi connectivity index (χ1n) is 8.02. The number of rotatable bonds is 3. The molecule has 1 aromatic heterocycles. The van der Waals surface area contributed by atoms with E-state index in [9.17, 15) is 9.59 Å². The first kappa shape index (κ1) is 14.3. The number of carbonyl (C=O) groups is 2. The van der Waals surface area contributed by atoms with E-state index >= 15 is 0 Å². The summed E-state index contributed by atoms with van der Waals surface area (Å²) in [4.78, 5) is 23.7. The molecule has 0 radical (unpaired) electrons. The van der Waals surface area contributed by atoms with Gasteiger partial charge in [0.15, 0.2) is 0 Å². The van der Waals surface area contributed by atoms with Crippen molar-refractivity contribution in [3.8, 4) is 0 Å². The van der Waals surface area contributed by atoms with Gasteiger partial charge in [-0.3, -0.25) is 4.79 Å². The number of benzene rings is 1. The maximum atomic E-state index is 12.1. The molecule has 0 saturated carbocycles. The molecular formula is C18H18O5. The first-order chi connectivity index (χ1) is 11.1. The fourth-order valence-corrected chi connectivity index (χ4v) is 3.46. The molecule has 0 amide bonds. The molecule has 120 valence electrons. The Bertz CT molecular complexity index is 788. The van der Waals surface area contributed by atoms with E-state index in [2.05, 4.69) is 12.1 Å². The number of carbonyl (C=O) groups excluding carboxylic acids is 2. The van der Waals surface area contributed by atoms with Crippen LogP contribution in [0.15, 0.2) is 22.8 Å². The molecule has 5 heteroatoms. The SMILES string of the molecule is C[C@H]1C[C@H](OC(=O)Cc2coc3cc4c(cc23)CCC4)C(=O)O1. The van der Waals surface area contributed by atoms with Crippen LogP contribution in [0.1, 0.15) is 36.5 Å². The van der Waals surface area contributed by atoms with Crippen molar-refractivity contribution in [2.45, 2.75) is 51.2 Å². The topological polar surface area (TPSA) is 65.7 Å². The van der Waals surface area contributed by atoms with Crippen LogP contribution in [0, 0.1) is 0 Å². The number of cyclic esters (lactones) is 1. The van der Waals surface area contributed by atoms with Gasteiger partial charge in [0.25, 0.3) is 0 Å². The fourth-order valence-electron chi connectivity index (χ4n) is 3.46. The second-order valence-corrected chi connectivity index (χ2v) is 6.37. The molecule has 0 unspecified atom stereocenters. The van der Waals surface area contributed by atoms with Crippen LogP contribution >= 0.6 is 0 Å². The Morgan fingerprint density at radius 3 is 2.83 bits per heavy atom. The maximum Gasteiger partial charge on any atom is 0.347 e. The molecule has 0 N–H and O–H groups in total. The van der Waals surface area contributed by atoms with Gasteiger partial charge in [-0.1, -0.05) is 0 Å². The summed E-state index contributed by atoms with van der Waals surface area (Å²) in [5.74, 6) is -0.884. The molecular weight excluding hydrogens is 296 g/mol. The third-order valence-electron chi connectivity index (χ3n) is 4.60. The van der Waals surface area contributed by atoms with Crippen LogP contribution in [0.25, 0.3) is 11.0 Å². The minimum atomic E-state index is -0.778. The summed E-state index contributed by atoms with van der Waals surface area (Å²) in [5.41, 5.74) is 4.28. The van der Waals surface area contributed by atoms with Gasteiger partial charge in [0, 0.05) is 17.4 Å². The number of hydrogen-bond acceptors (Lipinski definition) is 5. The van der Waals surface area contributed by atoms with Crippen molar-refractivity contribution in [1.29, 1.82) is 0 Å². The lowest BCUT2D eigenvalue weighted by Crippen LogP contribution is -2.23. The van der Waals surface area contributed by atoms with E-state index in [1.54, 1.807) is 13.2 Å². The summed E-state index contributed by atoms with van der Waals surface area (Å²) in [6, 6.07) is 4.19. The Balaban J connectivity index is 1.51. The molecule has 1 fully saturated rings. The van der Waals surface area contributed by atoms with Crippen molar-refractivity contribution in [1.82, 2.24) is 0 Å². The lowest BCUT2D eigenvalue weighted by molar-refractivity contribution is -0.160. The van der Waals surface area contributed by atoms with Gasteiger partial charge in [-0.25, -0.2) is 4.79 Å². The summed E-state index contributed by atoms with van der Waals surface area (Å²) in [5, 5.41) is 0.963. The van der Waals surface area contributed by atoms with E-state index < -0.39 is 18.0 Å². The summed E-state index contributed by atoms with van der Waals surface area (Å²) in [7, 11) is 0. The smallest absolute Gasteiger partial charge is 0.347 e. The standard InChI is InChI=1S/C18H18O5/c1-10-5-16(18(20)22-10)23-17(19)8-13-9-21-15-7-12-4-2-3-11(12)6-14(13)15/h6-7,9-10,16H,2-5,8H2,1H3/t10-,16-/m0/s1. The highest BCUT2D eigenvalue weighted by molar-refractivity contribution is 5.88. The molecule has 2 aromatic rings. The fraction of sp³-hybridized carbons (Fsp3) is 0.444. The Morgan fingerprint density at radius 1 is 1.30 bits per heavy atom. The van der Waals surface area contributed by atoms with E-state index in [-0.39, 0.29) is 12.5 Å². The molecule has 1 aliphatic carbocycles. The predicted molar refractivity (Wildman–Crippen MR) is 82.0 cm³/mol. The number of esters is 2. The second kappa shape index (κ2) is 5.41. The normalized spacial score (nSPS) is 23.1. The molecule has 5 nitrogen and oxygen atoms in total. The second-order valence-electron chi connectivity index (χ2n) is 6.37. The molecule has 23 heavy (non-hydrogen) atoms. The van der Waals surface area contributed by atoms with Gasteiger partial charge in [0.1, 0.15) is 11.7 Å². The van der Waals surface area contributed by atoms with Crippen LogP contribution in [0.5, 0.6) is 0 Å². The Morgan fingerprint density at radius 2 is 2.09 bits per heavy atom. The zero-order chi connectivity index (χ0) is 16.0. The van der Waals surface area contributed by atoms with Crippen molar-refractivity contribution < 1.29 is 23.5 Å². The molecule has 2 heterocycles. The van der Waals surface area contributed by atoms with Crippen molar-refractivity contribution in [2.75, 3.05) is 0 Å². The Kier molecular flexibility index (Phi) is 3.36. The molecule has 0 spiro atoms. The zero-order valence-corrected chi connectivity index (χ0v) is 13.0. The van der Waals surface area contributed by atoms with E-state index in [0.29, 0.717) is 6.42 Å². The van der Waals surface area contributed by atoms with E-state index in [4.69, 9.17) is 13.9 Å². The van der Waals surface area contributed by atoms with Gasteiger partial charge in [0.05, 0.1) is 12.7 Å². The first-order valence-corrected chi connectivity index (χ1v) is 8.02. The summed E-state index contributed by atoms with van der Waals surface area (Å²) < 4.78 is 15.8. The van der Waals surface area contributed by atoms with Crippen LogP contribution in [0.3, 0.4) is 0 Å². The Hall–Kier alpha value is -2.30. The van der Waals surface area contributed by atoms with Gasteiger partial charge < -0.3 is 13.9 Å². The van der Waals surface area contributed by atoms with Gasteiger partial charge >= 0.3 is 11.9 Å². The summed E-state index contributed by atoms with van der Waals surface area (Å²) in [6.07, 6.45) is 4.49. The van der Waals surface area contributed by atoms with E-state index in [0.717, 1.165) is 29.4 Å². The van der Waals surface area contributed by atoms with Crippen molar-refractivity contribution in [3.05, 3.63) is 35.1 Å². The van der Waals surface area contributed by atoms with Gasteiger partial charge in [-0.15, -0.1) is 0 Å². The lowest BCUT2D eigenvalue weighted by atomic mass is 10.0. The van der Waals surface area contributed by atoms with Crippen LogP contribution in [-0.4, -0.2) is 24.1 Å². The number of hydrogen-bond donors (Lipinski definition) is 0. The number of ether oxygens (including phenoxy) is 2. The average Bonchev–Trinajstić information content (AvgIpc) is 3.18. The number of furan rings is 1. The zero-order valence-electron chi connectivity index (χ0n) is 13.0. The quantitative estimate of drug-likeness (QED) is 0.815. The highest BCUT2D eigenvalue weighted by atomic mass is 16.6. The number of fused-ring (bicyclic) bond motifs is 2. The Labute approximate surface area is 133 Å². The molecule has 2 aliphatic rings. The molecule has 1 saturated heterocycles. The van der Waals surface area contributed by atoms with Crippen LogP contribution < -0.4 is 0 Å². The van der Waals surface area contributed by atoms with Gasteiger partial charge in [0.2, 0.25) is 6.10 Å². The van der Waals surface area contributed by atoms with E-state index in [1.807, 2.05) is 0 Å². The summed E-state index contributed by atoms with van der Waals surface area (Å²) in [6.45, 7) is 1.79. The monoisotopic (exact) mass is 314 g/mol. The lowest BCUT2D eigenvalue weighted by Gasteiger charge is -2.07. The average molecular weight is 314 g/mol. The van der Waals surface area contributed by atoms with Crippen molar-refractivity contribution in [3.63, 3.8) is 0 Å². The summed E-state index contributed by atoms with van der Waals surface area (Å²) >= 11 is 0. The molecule has 0 bridgehead atoms. The van der Waals surface area contributed by atoms with E-state index in [1.165, 1.54) is 17.5 Å². The molecule has 4 rings (SSSR count). The maximum absolute atomic E-state index is 12.1. The predicted octanol–water partition coefficient (Wildman–Crippen LogP) is 2.71. The van der Waals surface area contributed by atoms with Crippen LogP contribution in [-0.2, 0) is 38.3 Å². The van der Waals surface area contributed by atoms with Crippen molar-refractivity contribution >= 4 is 22.9 Å². The molecule has 1 aromatic carbocycles. The molecule has 1 aliphatic heterocycles. The van der Waals surface area contributed by atoms with Crippen LogP contribution in [0.4, 0.5) is 0 Å². The highest BCUT2D eigenvalue weighted by Crippen LogP contribution is 2.30. The minimum Gasteiger partial charge on any atom is -0.464 e. The number of aryl methyl sites for hydroxylation is 2. The minimum absolute atomic E-state index is 0.101. The third kappa shape index (κ3) is 2.60. The van der Waals surface area contributed by atoms with Crippen molar-refractivity contribution in [2.24, 2.45) is 0 Å². The van der Waals surface area contributed by atoms with Gasteiger partial charge in [-0.2, -0.15) is 0 Å². The third-order valence-corrected chi connectivity index (χ3v) is 4.60. The largest absolute Gasteiger partial charge is 0.464 e.